The molecule has 0 radical (unpaired) electrons. The molecule has 0 aliphatic heterocycles. The van der Waals surface area contributed by atoms with Crippen molar-refractivity contribution in [3.05, 3.63) is 48.6 Å². The first-order chi connectivity index (χ1) is 25.0. The number of phosphoric ester groups is 1. The molecule has 0 amide bonds. The van der Waals surface area contributed by atoms with E-state index in [1.54, 1.807) is 0 Å². The Morgan fingerprint density at radius 3 is 1.62 bits per heavy atom. The van der Waals surface area contributed by atoms with E-state index < -0.39 is 32.5 Å². The lowest BCUT2D eigenvalue weighted by atomic mass is 10.1. The minimum Gasteiger partial charge on any atom is -0.756 e. The van der Waals surface area contributed by atoms with E-state index in [-0.39, 0.29) is 26.1 Å². The van der Waals surface area contributed by atoms with Gasteiger partial charge in [0.1, 0.15) is 19.8 Å². The Morgan fingerprint density at radius 1 is 0.596 bits per heavy atom. The van der Waals surface area contributed by atoms with Gasteiger partial charge in [0, 0.05) is 12.8 Å². The summed E-state index contributed by atoms with van der Waals surface area (Å²) in [5.41, 5.74) is 0. The number of carbonyl (C=O) groups is 2. The monoisotopic (exact) mass is 754 g/mol. The SMILES string of the molecule is CCCC/C=C\CCCCCCCC(=O)OC[C@H](COP(=O)([O-])OCC[N+](C)(C)C)OC(=O)CCCCCC/C=C\C/C=C\C/C=C\CCCCC. The summed E-state index contributed by atoms with van der Waals surface area (Å²) in [7, 11) is 1.14. The molecule has 0 saturated carbocycles. The number of hydrogen-bond acceptors (Lipinski definition) is 8. The van der Waals surface area contributed by atoms with E-state index in [0.29, 0.717) is 23.9 Å². The molecule has 0 aromatic carbocycles. The van der Waals surface area contributed by atoms with Gasteiger partial charge >= 0.3 is 11.9 Å². The molecule has 0 N–H and O–H groups in total. The lowest BCUT2D eigenvalue weighted by Crippen LogP contribution is -2.37. The van der Waals surface area contributed by atoms with E-state index in [1.165, 1.54) is 38.5 Å². The molecule has 0 aliphatic carbocycles. The van der Waals surface area contributed by atoms with Crippen molar-refractivity contribution in [2.24, 2.45) is 0 Å². The molecule has 0 bridgehead atoms. The van der Waals surface area contributed by atoms with Crippen LogP contribution in [-0.2, 0) is 32.7 Å². The van der Waals surface area contributed by atoms with Crippen LogP contribution in [0.15, 0.2) is 48.6 Å². The van der Waals surface area contributed by atoms with E-state index in [9.17, 15) is 19.0 Å². The Hall–Kier alpha value is -2.03. The van der Waals surface area contributed by atoms with Crippen molar-refractivity contribution in [1.29, 1.82) is 0 Å². The predicted octanol–water partition coefficient (Wildman–Crippen LogP) is 10.5. The van der Waals surface area contributed by atoms with Gasteiger partial charge in [-0.1, -0.05) is 120 Å². The van der Waals surface area contributed by atoms with Crippen molar-refractivity contribution in [2.75, 3.05) is 47.5 Å². The zero-order valence-electron chi connectivity index (χ0n) is 33.7. The summed E-state index contributed by atoms with van der Waals surface area (Å²) in [4.78, 5) is 37.4. The first-order valence-electron chi connectivity index (χ1n) is 20.3. The van der Waals surface area contributed by atoms with Gasteiger partial charge in [0.25, 0.3) is 7.82 Å². The maximum atomic E-state index is 12.6. The maximum Gasteiger partial charge on any atom is 0.306 e. The second-order valence-corrected chi connectivity index (χ2v) is 16.1. The number of carbonyl (C=O) groups excluding carboxylic acids is 2. The molecule has 52 heavy (non-hydrogen) atoms. The summed E-state index contributed by atoms with van der Waals surface area (Å²) in [6, 6.07) is 0. The Balaban J connectivity index is 4.46. The lowest BCUT2D eigenvalue weighted by molar-refractivity contribution is -0.870. The van der Waals surface area contributed by atoms with Gasteiger partial charge in [0.05, 0.1) is 27.7 Å². The van der Waals surface area contributed by atoms with Crippen molar-refractivity contribution in [3.8, 4) is 0 Å². The number of allylic oxidation sites excluding steroid dienone is 8. The van der Waals surface area contributed by atoms with Crippen molar-refractivity contribution in [2.45, 2.75) is 161 Å². The number of likely N-dealkylation sites (N-methyl/N-ethyl adjacent to an activating group) is 1. The summed E-state index contributed by atoms with van der Waals surface area (Å²) < 4.78 is 33.7. The molecule has 0 heterocycles. The topological polar surface area (TPSA) is 111 Å². The van der Waals surface area contributed by atoms with Gasteiger partial charge in [-0.15, -0.1) is 0 Å². The summed E-state index contributed by atoms with van der Waals surface area (Å²) in [5, 5.41) is 0. The van der Waals surface area contributed by atoms with Crippen LogP contribution in [0.4, 0.5) is 0 Å². The second kappa shape index (κ2) is 34.7. The third kappa shape index (κ3) is 37.7. The largest absolute Gasteiger partial charge is 0.756 e. The van der Waals surface area contributed by atoms with Crippen molar-refractivity contribution in [3.63, 3.8) is 0 Å². The number of unbranched alkanes of at least 4 members (excludes halogenated alkanes) is 14. The van der Waals surface area contributed by atoms with E-state index in [2.05, 4.69) is 62.5 Å². The zero-order chi connectivity index (χ0) is 38.6. The van der Waals surface area contributed by atoms with Crippen LogP contribution >= 0.6 is 7.82 Å². The normalized spacial score (nSPS) is 14.2. The molecular formula is C42H76NO8P. The molecule has 10 heteroatoms. The lowest BCUT2D eigenvalue weighted by Gasteiger charge is -2.28. The second-order valence-electron chi connectivity index (χ2n) is 14.6. The minimum atomic E-state index is -4.63. The van der Waals surface area contributed by atoms with Gasteiger partial charge in [-0.3, -0.25) is 14.2 Å². The van der Waals surface area contributed by atoms with Crippen LogP contribution < -0.4 is 4.89 Å². The number of nitrogens with zero attached hydrogens (tertiary/aromatic N) is 1. The maximum absolute atomic E-state index is 12.6. The number of ether oxygens (including phenoxy) is 2. The Kier molecular flexibility index (Phi) is 33.4. The Morgan fingerprint density at radius 2 is 1.06 bits per heavy atom. The molecule has 1 unspecified atom stereocenters. The molecule has 302 valence electrons. The first-order valence-corrected chi connectivity index (χ1v) is 21.8. The van der Waals surface area contributed by atoms with Gasteiger partial charge < -0.3 is 27.9 Å². The van der Waals surface area contributed by atoms with Gasteiger partial charge in [0.2, 0.25) is 0 Å². The van der Waals surface area contributed by atoms with E-state index in [1.807, 2.05) is 21.1 Å². The fourth-order valence-corrected chi connectivity index (χ4v) is 5.78. The average Bonchev–Trinajstić information content (AvgIpc) is 3.09. The number of quaternary nitrogens is 1. The van der Waals surface area contributed by atoms with Crippen molar-refractivity contribution in [1.82, 2.24) is 0 Å². The van der Waals surface area contributed by atoms with Crippen LogP contribution in [0.5, 0.6) is 0 Å². The Labute approximate surface area is 318 Å². The molecular weight excluding hydrogens is 677 g/mol. The smallest absolute Gasteiger partial charge is 0.306 e. The van der Waals surface area contributed by atoms with Gasteiger partial charge in [-0.25, -0.2) is 0 Å². The van der Waals surface area contributed by atoms with Crippen molar-refractivity contribution < 1.29 is 42.1 Å². The molecule has 2 atom stereocenters. The molecule has 0 aromatic rings. The van der Waals surface area contributed by atoms with E-state index in [4.69, 9.17) is 18.5 Å². The number of rotatable bonds is 36. The van der Waals surface area contributed by atoms with Crippen LogP contribution in [0.3, 0.4) is 0 Å². The first kappa shape index (κ1) is 50.0. The third-order valence-corrected chi connectivity index (χ3v) is 9.29. The highest BCUT2D eigenvalue weighted by Crippen LogP contribution is 2.38. The predicted molar refractivity (Wildman–Crippen MR) is 213 cm³/mol. The van der Waals surface area contributed by atoms with Crippen LogP contribution in [0.25, 0.3) is 0 Å². The van der Waals surface area contributed by atoms with Gasteiger partial charge in [0.15, 0.2) is 6.10 Å². The Bertz CT molecular complexity index is 1030. The quantitative estimate of drug-likeness (QED) is 0.0204. The van der Waals surface area contributed by atoms with Gasteiger partial charge in [-0.05, 0) is 70.6 Å². The van der Waals surface area contributed by atoms with Crippen LogP contribution in [0, 0.1) is 0 Å². The third-order valence-electron chi connectivity index (χ3n) is 8.32. The summed E-state index contributed by atoms with van der Waals surface area (Å²) in [6.45, 7) is 4.10. The fourth-order valence-electron chi connectivity index (χ4n) is 5.05. The molecule has 0 rings (SSSR count). The molecule has 0 spiro atoms. The number of phosphoric acid groups is 1. The highest BCUT2D eigenvalue weighted by molar-refractivity contribution is 7.45. The summed E-state index contributed by atoms with van der Waals surface area (Å²) in [5.74, 6) is -0.876. The highest BCUT2D eigenvalue weighted by Gasteiger charge is 2.21. The molecule has 9 nitrogen and oxygen atoms in total. The van der Waals surface area contributed by atoms with Crippen LogP contribution in [-0.4, -0.2) is 70.0 Å². The van der Waals surface area contributed by atoms with Crippen molar-refractivity contribution >= 4 is 19.8 Å². The average molecular weight is 754 g/mol. The van der Waals surface area contributed by atoms with E-state index in [0.717, 1.165) is 77.0 Å². The molecule has 0 aromatic heterocycles. The van der Waals surface area contributed by atoms with E-state index >= 15 is 0 Å². The van der Waals surface area contributed by atoms with Crippen LogP contribution in [0.2, 0.25) is 0 Å². The van der Waals surface area contributed by atoms with Gasteiger partial charge in [-0.2, -0.15) is 0 Å². The molecule has 0 saturated heterocycles. The summed E-state index contributed by atoms with van der Waals surface area (Å²) >= 11 is 0. The highest BCUT2D eigenvalue weighted by atomic mass is 31.2. The summed E-state index contributed by atoms with van der Waals surface area (Å²) in [6.07, 6.45) is 38.5. The molecule has 0 fully saturated rings. The number of esters is 2. The molecule has 0 aliphatic rings. The minimum absolute atomic E-state index is 0.0384. The standard InChI is InChI=1S/C42H76NO8P/c1-6-8-10-12-14-16-18-19-20-21-22-23-25-27-29-31-33-35-42(45)51-40(39-50-52(46,47)49-37-36-43(3,4)5)38-48-41(44)34-32-30-28-26-24-17-15-13-11-9-7-2/h13-16,19-20,22-23,40H,6-12,17-18,21,24-39H2,1-5H3/b15-13-,16-14-,20-19-,23-22-/t40-/m1/s1. The van der Waals surface area contributed by atoms with Crippen LogP contribution in [0.1, 0.15) is 155 Å². The fraction of sp³-hybridized carbons (Fsp3) is 0.762. The number of hydrogen-bond donors (Lipinski definition) is 0. The zero-order valence-corrected chi connectivity index (χ0v) is 34.6.